The summed E-state index contributed by atoms with van der Waals surface area (Å²) in [5, 5.41) is 9.92. The van der Waals surface area contributed by atoms with Gasteiger partial charge >= 0.3 is 5.97 Å². The lowest BCUT2D eigenvalue weighted by Crippen LogP contribution is -1.98. The van der Waals surface area contributed by atoms with Crippen molar-refractivity contribution in [3.8, 4) is 22.1 Å². The first-order valence-electron chi connectivity index (χ1n) is 5.61. The molecule has 0 bridgehead atoms. The Balaban J connectivity index is 2.59. The molecular weight excluding hydrogens is 302 g/mol. The minimum Gasteiger partial charge on any atom is -0.493 e. The Morgan fingerprint density at radius 2 is 2.05 bits per heavy atom. The molecule has 0 aliphatic rings. The topological polar surface area (TPSA) is 68.7 Å². The molecular formula is C13H12ClNO4S. The maximum atomic E-state index is 11.0. The Hall–Kier alpha value is -1.79. The molecule has 0 atom stereocenters. The number of aromatic carboxylic acids is 1. The number of benzene rings is 1. The monoisotopic (exact) mass is 313 g/mol. The molecule has 106 valence electrons. The molecule has 0 amide bonds. The highest BCUT2D eigenvalue weighted by molar-refractivity contribution is 7.15. The van der Waals surface area contributed by atoms with E-state index in [1.807, 2.05) is 0 Å². The van der Waals surface area contributed by atoms with E-state index in [-0.39, 0.29) is 5.69 Å². The molecule has 0 spiro atoms. The highest BCUT2D eigenvalue weighted by Gasteiger charge is 2.20. The third-order valence-electron chi connectivity index (χ3n) is 2.71. The van der Waals surface area contributed by atoms with E-state index >= 15 is 0 Å². The van der Waals surface area contributed by atoms with Crippen LogP contribution in [0.15, 0.2) is 12.1 Å². The molecule has 20 heavy (non-hydrogen) atoms. The Kier molecular flexibility index (Phi) is 4.15. The van der Waals surface area contributed by atoms with Gasteiger partial charge in [0.1, 0.15) is 5.01 Å². The zero-order valence-corrected chi connectivity index (χ0v) is 12.6. The Labute approximate surface area is 124 Å². The summed E-state index contributed by atoms with van der Waals surface area (Å²) in [5.74, 6) is -0.147. The van der Waals surface area contributed by atoms with Crippen LogP contribution in [0.1, 0.15) is 15.4 Å². The first-order valence-corrected chi connectivity index (χ1v) is 6.80. The van der Waals surface area contributed by atoms with Crippen LogP contribution < -0.4 is 9.47 Å². The number of ether oxygens (including phenoxy) is 2. The van der Waals surface area contributed by atoms with Gasteiger partial charge in [-0.3, -0.25) is 0 Å². The quantitative estimate of drug-likeness (QED) is 0.935. The SMILES string of the molecule is COc1ccc(-c2nc(C(=O)O)c(C)s2)c(Cl)c1OC. The van der Waals surface area contributed by atoms with Gasteiger partial charge in [-0.05, 0) is 19.1 Å². The van der Waals surface area contributed by atoms with E-state index < -0.39 is 5.97 Å². The number of halogens is 1. The molecule has 0 aliphatic carbocycles. The molecule has 1 heterocycles. The molecule has 7 heteroatoms. The number of carboxylic acid groups (broad SMARTS) is 1. The molecule has 1 aromatic heterocycles. The normalized spacial score (nSPS) is 10.4. The van der Waals surface area contributed by atoms with Crippen molar-refractivity contribution in [2.24, 2.45) is 0 Å². The maximum absolute atomic E-state index is 11.0. The number of carbonyl (C=O) groups is 1. The lowest BCUT2D eigenvalue weighted by Gasteiger charge is -2.11. The first kappa shape index (κ1) is 14.6. The molecule has 2 rings (SSSR count). The van der Waals surface area contributed by atoms with E-state index in [1.165, 1.54) is 25.6 Å². The van der Waals surface area contributed by atoms with Crippen LogP contribution in [0.3, 0.4) is 0 Å². The molecule has 1 aromatic carbocycles. The van der Waals surface area contributed by atoms with Gasteiger partial charge in [0, 0.05) is 10.4 Å². The number of rotatable bonds is 4. The van der Waals surface area contributed by atoms with Gasteiger partial charge in [-0.1, -0.05) is 11.6 Å². The summed E-state index contributed by atoms with van der Waals surface area (Å²) in [6.45, 7) is 1.71. The predicted molar refractivity (Wildman–Crippen MR) is 77.4 cm³/mol. The van der Waals surface area contributed by atoms with Crippen LogP contribution >= 0.6 is 22.9 Å². The number of thiazole rings is 1. The summed E-state index contributed by atoms with van der Waals surface area (Å²) in [7, 11) is 3.01. The van der Waals surface area contributed by atoms with Crippen molar-refractivity contribution in [1.29, 1.82) is 0 Å². The van der Waals surface area contributed by atoms with E-state index in [0.717, 1.165) is 0 Å². The summed E-state index contributed by atoms with van der Waals surface area (Å²) in [4.78, 5) is 15.8. The van der Waals surface area contributed by atoms with Crippen LogP contribution in [0.25, 0.3) is 10.6 Å². The number of hydrogen-bond acceptors (Lipinski definition) is 5. The Morgan fingerprint density at radius 1 is 1.35 bits per heavy atom. The Morgan fingerprint density at radius 3 is 2.55 bits per heavy atom. The maximum Gasteiger partial charge on any atom is 0.355 e. The van der Waals surface area contributed by atoms with E-state index in [2.05, 4.69) is 4.98 Å². The van der Waals surface area contributed by atoms with Crippen LogP contribution in [0, 0.1) is 6.92 Å². The van der Waals surface area contributed by atoms with Crippen LogP contribution in [-0.2, 0) is 0 Å². The second kappa shape index (κ2) is 5.68. The molecule has 5 nitrogen and oxygen atoms in total. The molecule has 0 unspecified atom stereocenters. The van der Waals surface area contributed by atoms with Gasteiger partial charge in [0.05, 0.1) is 19.2 Å². The predicted octanol–water partition coefficient (Wildman–Crippen LogP) is 3.49. The Bertz CT molecular complexity index is 669. The fraction of sp³-hybridized carbons (Fsp3) is 0.231. The minimum absolute atomic E-state index is 0.0378. The number of aromatic nitrogens is 1. The molecule has 1 N–H and O–H groups in total. The zero-order valence-electron chi connectivity index (χ0n) is 11.1. The van der Waals surface area contributed by atoms with Gasteiger partial charge in [0.25, 0.3) is 0 Å². The highest BCUT2D eigenvalue weighted by atomic mass is 35.5. The van der Waals surface area contributed by atoms with E-state index in [4.69, 9.17) is 26.2 Å². The zero-order chi connectivity index (χ0) is 14.9. The molecule has 0 aliphatic heterocycles. The molecule has 2 aromatic rings. The lowest BCUT2D eigenvalue weighted by molar-refractivity contribution is 0.0690. The van der Waals surface area contributed by atoms with Gasteiger partial charge < -0.3 is 14.6 Å². The second-order valence-corrected chi connectivity index (χ2v) is 5.47. The first-order chi connectivity index (χ1) is 9.49. The van der Waals surface area contributed by atoms with Gasteiger partial charge in [-0.15, -0.1) is 11.3 Å². The van der Waals surface area contributed by atoms with Crippen molar-refractivity contribution in [2.75, 3.05) is 14.2 Å². The number of nitrogens with zero attached hydrogens (tertiary/aromatic N) is 1. The molecule has 0 radical (unpaired) electrons. The molecule has 0 fully saturated rings. The number of carboxylic acids is 1. The van der Waals surface area contributed by atoms with Gasteiger partial charge in [0.15, 0.2) is 17.2 Å². The van der Waals surface area contributed by atoms with E-state index in [1.54, 1.807) is 19.1 Å². The third kappa shape index (κ3) is 2.44. The van der Waals surface area contributed by atoms with Crippen LogP contribution in [0.5, 0.6) is 11.5 Å². The van der Waals surface area contributed by atoms with Crippen molar-refractivity contribution < 1.29 is 19.4 Å². The van der Waals surface area contributed by atoms with Crippen molar-refractivity contribution >= 4 is 28.9 Å². The summed E-state index contributed by atoms with van der Waals surface area (Å²) in [6.07, 6.45) is 0. The third-order valence-corrected chi connectivity index (χ3v) is 4.09. The summed E-state index contributed by atoms with van der Waals surface area (Å²) >= 11 is 7.55. The smallest absolute Gasteiger partial charge is 0.355 e. The van der Waals surface area contributed by atoms with Crippen molar-refractivity contribution in [1.82, 2.24) is 4.98 Å². The largest absolute Gasteiger partial charge is 0.493 e. The van der Waals surface area contributed by atoms with E-state index in [0.29, 0.717) is 32.0 Å². The fourth-order valence-electron chi connectivity index (χ4n) is 1.76. The van der Waals surface area contributed by atoms with Gasteiger partial charge in [-0.25, -0.2) is 9.78 Å². The molecule has 0 saturated carbocycles. The van der Waals surface area contributed by atoms with Crippen LogP contribution in [0.4, 0.5) is 0 Å². The lowest BCUT2D eigenvalue weighted by atomic mass is 10.2. The number of aryl methyl sites for hydroxylation is 1. The number of hydrogen-bond donors (Lipinski definition) is 1. The van der Waals surface area contributed by atoms with Crippen molar-refractivity contribution in [3.05, 3.63) is 27.7 Å². The average molecular weight is 314 g/mol. The second-order valence-electron chi connectivity index (χ2n) is 3.89. The van der Waals surface area contributed by atoms with Crippen molar-refractivity contribution in [2.45, 2.75) is 6.92 Å². The van der Waals surface area contributed by atoms with E-state index in [9.17, 15) is 4.79 Å². The summed E-state index contributed by atoms with van der Waals surface area (Å²) in [6, 6.07) is 3.44. The van der Waals surface area contributed by atoms with Crippen molar-refractivity contribution in [3.63, 3.8) is 0 Å². The summed E-state index contributed by atoms with van der Waals surface area (Å²) < 4.78 is 10.4. The number of methoxy groups -OCH3 is 2. The standard InChI is InChI=1S/C13H12ClNO4S/c1-6-10(13(16)17)15-12(20-6)7-4-5-8(18-2)11(19-3)9(7)14/h4-5H,1-3H3,(H,16,17). The average Bonchev–Trinajstić information content (AvgIpc) is 2.80. The molecule has 0 saturated heterocycles. The fourth-order valence-corrected chi connectivity index (χ4v) is 3.08. The highest BCUT2D eigenvalue weighted by Crippen LogP contribution is 2.43. The summed E-state index contributed by atoms with van der Waals surface area (Å²) in [5.41, 5.74) is 0.653. The van der Waals surface area contributed by atoms with Gasteiger partial charge in [0.2, 0.25) is 0 Å². The van der Waals surface area contributed by atoms with Crippen LogP contribution in [0.2, 0.25) is 5.02 Å². The minimum atomic E-state index is -1.05. The van der Waals surface area contributed by atoms with Crippen LogP contribution in [-0.4, -0.2) is 30.3 Å². The van der Waals surface area contributed by atoms with Gasteiger partial charge in [-0.2, -0.15) is 0 Å².